The molecule has 1 rings (SSSR count). The maximum atomic E-state index is 13.3. The monoisotopic (exact) mass is 230 g/mol. The second kappa shape index (κ2) is 5.09. The van der Waals surface area contributed by atoms with E-state index in [1.807, 2.05) is 0 Å². The van der Waals surface area contributed by atoms with Crippen LogP contribution in [0.4, 0.5) is 10.1 Å². The molecule has 0 aromatic heterocycles. The Morgan fingerprint density at radius 3 is 2.93 bits per heavy atom. The molecule has 0 radical (unpaired) electrons. The lowest BCUT2D eigenvalue weighted by atomic mass is 10.2. The van der Waals surface area contributed by atoms with E-state index in [4.69, 9.17) is 17.3 Å². The Morgan fingerprint density at radius 1 is 1.67 bits per heavy atom. The molecular weight excluding hydrogens is 219 g/mol. The van der Waals surface area contributed by atoms with Crippen LogP contribution in [-0.2, 0) is 4.79 Å². The van der Waals surface area contributed by atoms with E-state index in [0.717, 1.165) is 0 Å². The summed E-state index contributed by atoms with van der Waals surface area (Å²) >= 11 is 5.55. The molecule has 0 aliphatic carbocycles. The maximum Gasteiger partial charge on any atom is 0.241 e. The normalized spacial score (nSPS) is 12.3. The molecule has 82 valence electrons. The lowest BCUT2D eigenvalue weighted by Gasteiger charge is -2.10. The number of benzene rings is 1. The van der Waals surface area contributed by atoms with Crippen molar-refractivity contribution < 1.29 is 9.18 Å². The third-order valence-corrected chi connectivity index (χ3v) is 2.28. The second-order valence-corrected chi connectivity index (χ2v) is 3.51. The van der Waals surface area contributed by atoms with Gasteiger partial charge < -0.3 is 11.1 Å². The fourth-order valence-corrected chi connectivity index (χ4v) is 1.19. The minimum atomic E-state index is -0.643. The first-order valence-electron chi connectivity index (χ1n) is 4.56. The zero-order chi connectivity index (χ0) is 11.4. The molecule has 0 spiro atoms. The molecule has 1 aromatic rings. The van der Waals surface area contributed by atoms with E-state index < -0.39 is 17.8 Å². The van der Waals surface area contributed by atoms with Gasteiger partial charge in [0.25, 0.3) is 0 Å². The van der Waals surface area contributed by atoms with Gasteiger partial charge in [0.05, 0.1) is 16.8 Å². The highest BCUT2D eigenvalue weighted by molar-refractivity contribution is 6.31. The first-order chi connectivity index (χ1) is 7.06. The van der Waals surface area contributed by atoms with Crippen LogP contribution in [-0.4, -0.2) is 11.9 Å². The number of rotatable bonds is 3. The zero-order valence-electron chi connectivity index (χ0n) is 8.26. The standard InChI is InChI=1S/C10H12ClFN2O/c1-2-7(13)10(15)14-8-5-3-4-6(11)9(8)12/h3-5,7H,2,13H2,1H3,(H,14,15)/t7-/m0/s1. The molecule has 0 unspecified atom stereocenters. The van der Waals surface area contributed by atoms with Crippen molar-refractivity contribution in [1.29, 1.82) is 0 Å². The summed E-state index contributed by atoms with van der Waals surface area (Å²) in [6.45, 7) is 1.78. The summed E-state index contributed by atoms with van der Waals surface area (Å²) in [7, 11) is 0. The van der Waals surface area contributed by atoms with Gasteiger partial charge in [-0.05, 0) is 18.6 Å². The first-order valence-corrected chi connectivity index (χ1v) is 4.94. The number of amides is 1. The van der Waals surface area contributed by atoms with Gasteiger partial charge >= 0.3 is 0 Å². The summed E-state index contributed by atoms with van der Waals surface area (Å²) in [5.74, 6) is -1.06. The van der Waals surface area contributed by atoms with Crippen molar-refractivity contribution in [3.63, 3.8) is 0 Å². The highest BCUT2D eigenvalue weighted by Gasteiger charge is 2.14. The largest absolute Gasteiger partial charge is 0.322 e. The van der Waals surface area contributed by atoms with Crippen LogP contribution in [0.15, 0.2) is 18.2 Å². The highest BCUT2D eigenvalue weighted by atomic mass is 35.5. The predicted molar refractivity (Wildman–Crippen MR) is 58.3 cm³/mol. The lowest BCUT2D eigenvalue weighted by Crippen LogP contribution is -2.35. The summed E-state index contributed by atoms with van der Waals surface area (Å²) in [6, 6.07) is 3.76. The van der Waals surface area contributed by atoms with Crippen LogP contribution in [0, 0.1) is 5.82 Å². The van der Waals surface area contributed by atoms with E-state index in [9.17, 15) is 9.18 Å². The summed E-state index contributed by atoms with van der Waals surface area (Å²) < 4.78 is 13.3. The van der Waals surface area contributed by atoms with Crippen LogP contribution in [0.25, 0.3) is 0 Å². The molecule has 0 heterocycles. The Hall–Kier alpha value is -1.13. The smallest absolute Gasteiger partial charge is 0.241 e. The van der Waals surface area contributed by atoms with Crippen molar-refractivity contribution in [1.82, 2.24) is 0 Å². The summed E-state index contributed by atoms with van der Waals surface area (Å²) in [6.07, 6.45) is 0.494. The van der Waals surface area contributed by atoms with Crippen LogP contribution in [0.5, 0.6) is 0 Å². The number of anilines is 1. The van der Waals surface area contributed by atoms with Gasteiger partial charge in [-0.25, -0.2) is 4.39 Å². The molecule has 0 saturated carbocycles. The number of carbonyl (C=O) groups excluding carboxylic acids is 1. The third kappa shape index (κ3) is 2.91. The van der Waals surface area contributed by atoms with Gasteiger partial charge in [0.15, 0.2) is 5.82 Å². The number of halogens is 2. The fraction of sp³-hybridized carbons (Fsp3) is 0.300. The quantitative estimate of drug-likeness (QED) is 0.836. The van der Waals surface area contributed by atoms with Gasteiger partial charge in [-0.15, -0.1) is 0 Å². The van der Waals surface area contributed by atoms with Gasteiger partial charge in [0.1, 0.15) is 0 Å². The molecule has 0 aliphatic rings. The Kier molecular flexibility index (Phi) is 4.05. The van der Waals surface area contributed by atoms with Crippen LogP contribution in [0.2, 0.25) is 5.02 Å². The van der Waals surface area contributed by atoms with Crippen molar-refractivity contribution in [2.45, 2.75) is 19.4 Å². The predicted octanol–water partition coefficient (Wildman–Crippen LogP) is 2.15. The van der Waals surface area contributed by atoms with Gasteiger partial charge in [0.2, 0.25) is 5.91 Å². The van der Waals surface area contributed by atoms with Gasteiger partial charge in [-0.1, -0.05) is 24.6 Å². The van der Waals surface area contributed by atoms with Crippen molar-refractivity contribution in [3.8, 4) is 0 Å². The number of hydrogen-bond donors (Lipinski definition) is 2. The van der Waals surface area contributed by atoms with E-state index in [2.05, 4.69) is 5.32 Å². The summed E-state index contributed by atoms with van der Waals surface area (Å²) in [4.78, 5) is 11.4. The minimum absolute atomic E-state index is 0.0298. The molecule has 0 bridgehead atoms. The Morgan fingerprint density at radius 2 is 2.33 bits per heavy atom. The number of hydrogen-bond acceptors (Lipinski definition) is 2. The Labute approximate surface area is 92.4 Å². The average molecular weight is 231 g/mol. The fourth-order valence-electron chi connectivity index (χ4n) is 1.01. The molecule has 0 aliphatic heterocycles. The second-order valence-electron chi connectivity index (χ2n) is 3.11. The van der Waals surface area contributed by atoms with Gasteiger partial charge in [0, 0.05) is 0 Å². The van der Waals surface area contributed by atoms with E-state index in [1.54, 1.807) is 13.0 Å². The molecule has 0 fully saturated rings. The molecule has 1 atom stereocenters. The maximum absolute atomic E-state index is 13.3. The Bertz CT molecular complexity index is 370. The average Bonchev–Trinajstić information content (AvgIpc) is 2.23. The molecular formula is C10H12ClFN2O. The molecule has 0 saturated heterocycles. The molecule has 3 nitrogen and oxygen atoms in total. The molecule has 15 heavy (non-hydrogen) atoms. The molecule has 5 heteroatoms. The molecule has 3 N–H and O–H groups in total. The number of nitrogens with one attached hydrogen (secondary N) is 1. The van der Waals surface area contributed by atoms with Crippen molar-refractivity contribution >= 4 is 23.2 Å². The van der Waals surface area contributed by atoms with Crippen molar-refractivity contribution in [2.24, 2.45) is 5.73 Å². The lowest BCUT2D eigenvalue weighted by molar-refractivity contribution is -0.117. The van der Waals surface area contributed by atoms with Crippen LogP contribution in [0.3, 0.4) is 0 Å². The molecule has 1 amide bonds. The minimum Gasteiger partial charge on any atom is -0.322 e. The number of nitrogens with two attached hydrogens (primary N) is 1. The third-order valence-electron chi connectivity index (χ3n) is 1.99. The summed E-state index contributed by atoms with van der Waals surface area (Å²) in [5, 5.41) is 2.35. The van der Waals surface area contributed by atoms with Crippen molar-refractivity contribution in [3.05, 3.63) is 29.0 Å². The zero-order valence-corrected chi connectivity index (χ0v) is 9.01. The van der Waals surface area contributed by atoms with E-state index in [-0.39, 0.29) is 10.7 Å². The number of carbonyl (C=O) groups is 1. The van der Waals surface area contributed by atoms with Crippen LogP contribution < -0.4 is 11.1 Å². The van der Waals surface area contributed by atoms with Gasteiger partial charge in [-0.3, -0.25) is 4.79 Å². The topological polar surface area (TPSA) is 55.1 Å². The van der Waals surface area contributed by atoms with E-state index in [1.165, 1.54) is 12.1 Å². The van der Waals surface area contributed by atoms with Crippen molar-refractivity contribution in [2.75, 3.05) is 5.32 Å². The van der Waals surface area contributed by atoms with E-state index >= 15 is 0 Å². The Balaban J connectivity index is 2.81. The first kappa shape index (κ1) is 11.9. The van der Waals surface area contributed by atoms with Crippen LogP contribution >= 0.6 is 11.6 Å². The SMILES string of the molecule is CC[C@H](N)C(=O)Nc1cccc(Cl)c1F. The van der Waals surface area contributed by atoms with E-state index in [0.29, 0.717) is 6.42 Å². The van der Waals surface area contributed by atoms with Gasteiger partial charge in [-0.2, -0.15) is 0 Å². The van der Waals surface area contributed by atoms with Crippen LogP contribution in [0.1, 0.15) is 13.3 Å². The summed E-state index contributed by atoms with van der Waals surface area (Å²) in [5.41, 5.74) is 5.54. The molecule has 1 aromatic carbocycles. The highest BCUT2D eigenvalue weighted by Crippen LogP contribution is 2.21.